The maximum Gasteiger partial charge on any atom is 0.375 e. The van der Waals surface area contributed by atoms with Crippen molar-refractivity contribution in [2.24, 2.45) is 0 Å². The number of carbonyl (C=O) groups is 2. The molecule has 1 aliphatic rings. The number of rotatable bonds is 4. The summed E-state index contributed by atoms with van der Waals surface area (Å²) < 4.78 is 21.1. The molecule has 7 nitrogen and oxygen atoms in total. The van der Waals surface area contributed by atoms with Crippen molar-refractivity contribution in [2.75, 3.05) is 12.1 Å². The highest BCUT2D eigenvalue weighted by molar-refractivity contribution is 5.98. The molecule has 1 unspecified atom stereocenters. The van der Waals surface area contributed by atoms with Gasteiger partial charge in [-0.15, -0.1) is 0 Å². The zero-order chi connectivity index (χ0) is 18.1. The number of para-hydroxylation sites is 1. The lowest BCUT2D eigenvalue weighted by Gasteiger charge is -2.13. The Morgan fingerprint density at radius 2 is 1.88 bits per heavy atom. The van der Waals surface area contributed by atoms with Crippen molar-refractivity contribution in [3.63, 3.8) is 0 Å². The molecule has 1 aromatic heterocycles. The number of hydrogen-bond donors (Lipinski definition) is 1. The van der Waals surface area contributed by atoms with E-state index in [0.29, 0.717) is 22.8 Å². The van der Waals surface area contributed by atoms with Gasteiger partial charge >= 0.3 is 5.97 Å². The molecule has 1 atom stereocenters. The summed E-state index contributed by atoms with van der Waals surface area (Å²) in [6, 6.07) is 13.8. The molecule has 0 fully saturated rings. The van der Waals surface area contributed by atoms with Crippen LogP contribution < -0.4 is 14.8 Å². The minimum atomic E-state index is -0.999. The first-order valence-electron chi connectivity index (χ1n) is 8.00. The fourth-order valence-corrected chi connectivity index (χ4v) is 2.57. The third-order valence-electron chi connectivity index (χ3n) is 3.92. The molecule has 0 spiro atoms. The van der Waals surface area contributed by atoms with E-state index in [1.807, 2.05) is 18.2 Å². The summed E-state index contributed by atoms with van der Waals surface area (Å²) in [6.07, 6.45) is -0.999. The van der Waals surface area contributed by atoms with Gasteiger partial charge in [-0.05, 0) is 31.2 Å². The molecule has 0 saturated carbocycles. The van der Waals surface area contributed by atoms with Gasteiger partial charge in [-0.25, -0.2) is 4.79 Å². The van der Waals surface area contributed by atoms with Gasteiger partial charge in [0.2, 0.25) is 12.6 Å². The standard InChI is InChI=1S/C19H15NO6/c1-11(18(21)20-13-6-7-15-16(9-13)24-10-23-15)25-19(22)17-8-12-4-2-3-5-14(12)26-17/h2-9,11H,10H2,1H3,(H,20,21). The monoisotopic (exact) mass is 353 g/mol. The molecule has 2 aromatic carbocycles. The Bertz CT molecular complexity index is 960. The third-order valence-corrected chi connectivity index (χ3v) is 3.92. The first-order valence-corrected chi connectivity index (χ1v) is 8.00. The predicted molar refractivity (Wildman–Crippen MR) is 92.3 cm³/mol. The van der Waals surface area contributed by atoms with Crippen LogP contribution in [0.2, 0.25) is 0 Å². The van der Waals surface area contributed by atoms with Gasteiger partial charge in [-0.2, -0.15) is 0 Å². The second-order valence-electron chi connectivity index (χ2n) is 5.75. The fourth-order valence-electron chi connectivity index (χ4n) is 2.57. The summed E-state index contributed by atoms with van der Waals surface area (Å²) in [7, 11) is 0. The molecule has 0 bridgehead atoms. The van der Waals surface area contributed by atoms with Gasteiger partial charge in [0.1, 0.15) is 5.58 Å². The van der Waals surface area contributed by atoms with Crippen LogP contribution in [0.15, 0.2) is 52.9 Å². The van der Waals surface area contributed by atoms with Crippen LogP contribution in [0, 0.1) is 0 Å². The molecular weight excluding hydrogens is 338 g/mol. The summed E-state index contributed by atoms with van der Waals surface area (Å²) >= 11 is 0. The highest BCUT2D eigenvalue weighted by Gasteiger charge is 2.22. The second-order valence-corrected chi connectivity index (χ2v) is 5.75. The molecule has 0 radical (unpaired) electrons. The molecule has 1 aliphatic heterocycles. The fraction of sp³-hybridized carbons (Fsp3) is 0.158. The molecule has 0 saturated heterocycles. The third kappa shape index (κ3) is 3.06. The lowest BCUT2D eigenvalue weighted by molar-refractivity contribution is -0.123. The number of esters is 1. The first-order chi connectivity index (χ1) is 12.6. The second kappa shape index (κ2) is 6.44. The zero-order valence-corrected chi connectivity index (χ0v) is 13.9. The van der Waals surface area contributed by atoms with Crippen LogP contribution in [0.5, 0.6) is 11.5 Å². The molecule has 4 rings (SSSR count). The number of nitrogens with one attached hydrogen (secondary N) is 1. The lowest BCUT2D eigenvalue weighted by atomic mass is 10.2. The molecule has 132 valence electrons. The minimum absolute atomic E-state index is 0.0499. The Balaban J connectivity index is 1.41. The SMILES string of the molecule is CC(OC(=O)c1cc2ccccc2o1)C(=O)Nc1ccc2c(c1)OCO2. The first kappa shape index (κ1) is 16.0. The number of hydrogen-bond acceptors (Lipinski definition) is 6. The van der Waals surface area contributed by atoms with Gasteiger partial charge in [-0.3, -0.25) is 4.79 Å². The number of anilines is 1. The largest absolute Gasteiger partial charge is 0.454 e. The number of fused-ring (bicyclic) bond motifs is 2. The molecule has 2 heterocycles. The van der Waals surface area contributed by atoms with E-state index in [4.69, 9.17) is 18.6 Å². The van der Waals surface area contributed by atoms with E-state index in [9.17, 15) is 9.59 Å². The number of benzene rings is 2. The Morgan fingerprint density at radius 1 is 1.08 bits per heavy atom. The number of furan rings is 1. The van der Waals surface area contributed by atoms with Gasteiger partial charge in [0.05, 0.1) is 0 Å². The van der Waals surface area contributed by atoms with Crippen LogP contribution in [0.25, 0.3) is 11.0 Å². The van der Waals surface area contributed by atoms with Gasteiger partial charge in [-0.1, -0.05) is 18.2 Å². The average Bonchev–Trinajstić information content (AvgIpc) is 3.27. The maximum atomic E-state index is 12.3. The highest BCUT2D eigenvalue weighted by Crippen LogP contribution is 2.34. The number of ether oxygens (including phenoxy) is 3. The molecular formula is C19H15NO6. The van der Waals surface area contributed by atoms with E-state index in [-0.39, 0.29) is 12.6 Å². The molecule has 26 heavy (non-hydrogen) atoms. The van der Waals surface area contributed by atoms with Crippen LogP contribution in [0.4, 0.5) is 5.69 Å². The molecule has 1 N–H and O–H groups in total. The Labute approximate surface area is 148 Å². The summed E-state index contributed by atoms with van der Waals surface area (Å²) in [5.74, 6) is 0.0545. The summed E-state index contributed by atoms with van der Waals surface area (Å²) in [5.41, 5.74) is 1.10. The van der Waals surface area contributed by atoms with Crippen LogP contribution in [0.1, 0.15) is 17.5 Å². The Kier molecular flexibility index (Phi) is 3.96. The van der Waals surface area contributed by atoms with E-state index in [0.717, 1.165) is 5.39 Å². The minimum Gasteiger partial charge on any atom is -0.454 e. The van der Waals surface area contributed by atoms with Gasteiger partial charge in [0.25, 0.3) is 5.91 Å². The van der Waals surface area contributed by atoms with Crippen LogP contribution in [-0.4, -0.2) is 24.8 Å². The molecule has 7 heteroatoms. The van der Waals surface area contributed by atoms with Crippen molar-refractivity contribution in [1.29, 1.82) is 0 Å². The van der Waals surface area contributed by atoms with E-state index < -0.39 is 18.0 Å². The van der Waals surface area contributed by atoms with E-state index in [1.165, 1.54) is 6.92 Å². The van der Waals surface area contributed by atoms with E-state index >= 15 is 0 Å². The van der Waals surface area contributed by atoms with Crippen molar-refractivity contribution in [2.45, 2.75) is 13.0 Å². The molecule has 1 amide bonds. The van der Waals surface area contributed by atoms with Crippen molar-refractivity contribution < 1.29 is 28.2 Å². The Hall–Kier alpha value is -3.48. The topological polar surface area (TPSA) is 87.0 Å². The highest BCUT2D eigenvalue weighted by atomic mass is 16.7. The van der Waals surface area contributed by atoms with Crippen molar-refractivity contribution in [3.05, 3.63) is 54.3 Å². The number of carbonyl (C=O) groups excluding carboxylic acids is 2. The van der Waals surface area contributed by atoms with E-state index in [2.05, 4.69) is 5.32 Å². The zero-order valence-electron chi connectivity index (χ0n) is 13.9. The lowest BCUT2D eigenvalue weighted by Crippen LogP contribution is -2.29. The van der Waals surface area contributed by atoms with Crippen molar-refractivity contribution in [3.8, 4) is 11.5 Å². The quantitative estimate of drug-likeness (QED) is 0.724. The number of amides is 1. The van der Waals surface area contributed by atoms with Crippen LogP contribution in [0.3, 0.4) is 0 Å². The van der Waals surface area contributed by atoms with Crippen LogP contribution in [-0.2, 0) is 9.53 Å². The van der Waals surface area contributed by atoms with E-state index in [1.54, 1.807) is 30.3 Å². The van der Waals surface area contributed by atoms with Crippen molar-refractivity contribution >= 4 is 28.5 Å². The van der Waals surface area contributed by atoms with Gasteiger partial charge in [0.15, 0.2) is 17.6 Å². The van der Waals surface area contributed by atoms with Crippen molar-refractivity contribution in [1.82, 2.24) is 0 Å². The molecule has 0 aliphatic carbocycles. The summed E-state index contributed by atoms with van der Waals surface area (Å²) in [6.45, 7) is 1.64. The predicted octanol–water partition coefficient (Wildman–Crippen LogP) is 3.35. The van der Waals surface area contributed by atoms with Gasteiger partial charge < -0.3 is 23.9 Å². The molecule has 3 aromatic rings. The smallest absolute Gasteiger partial charge is 0.375 e. The summed E-state index contributed by atoms with van der Waals surface area (Å²) in [4.78, 5) is 24.5. The van der Waals surface area contributed by atoms with Crippen LogP contribution >= 0.6 is 0 Å². The normalized spacial score (nSPS) is 13.4. The Morgan fingerprint density at radius 3 is 2.73 bits per heavy atom. The average molecular weight is 353 g/mol. The van der Waals surface area contributed by atoms with Gasteiger partial charge in [0, 0.05) is 17.1 Å². The maximum absolute atomic E-state index is 12.3. The summed E-state index contributed by atoms with van der Waals surface area (Å²) in [5, 5.41) is 3.46.